The number of allylic oxidation sites excluding steroid dienone is 5. The minimum atomic E-state index is -0.122. The van der Waals surface area contributed by atoms with Gasteiger partial charge in [0, 0.05) is 20.0 Å². The summed E-state index contributed by atoms with van der Waals surface area (Å²) in [5, 5.41) is 0. The van der Waals surface area contributed by atoms with E-state index < -0.39 is 0 Å². The van der Waals surface area contributed by atoms with Gasteiger partial charge in [-0.05, 0) is 26.2 Å². The molecule has 0 spiro atoms. The molecular weight excluding hydrogens is 396 g/mol. The van der Waals surface area contributed by atoms with Gasteiger partial charge < -0.3 is 28.4 Å². The maximum atomic E-state index is 6.03. The number of ether oxygens (including phenoxy) is 6. The van der Waals surface area contributed by atoms with Crippen molar-refractivity contribution in [1.82, 2.24) is 0 Å². The minimum Gasteiger partial charge on any atom is -0.492 e. The van der Waals surface area contributed by atoms with Crippen LogP contribution in [0.4, 0.5) is 0 Å². The van der Waals surface area contributed by atoms with Gasteiger partial charge in [0.15, 0.2) is 0 Å². The Morgan fingerprint density at radius 1 is 0.871 bits per heavy atom. The highest BCUT2D eigenvalue weighted by molar-refractivity contribution is 5.16. The number of hydrogen-bond acceptors (Lipinski definition) is 6. The lowest BCUT2D eigenvalue weighted by Gasteiger charge is -2.25. The van der Waals surface area contributed by atoms with Gasteiger partial charge in [0.1, 0.15) is 36.9 Å². The van der Waals surface area contributed by atoms with E-state index in [-0.39, 0.29) is 18.3 Å². The molecule has 0 N–H and O–H groups in total. The molecule has 0 aromatic heterocycles. The van der Waals surface area contributed by atoms with Crippen LogP contribution in [0.5, 0.6) is 0 Å². The molecule has 6 nitrogen and oxygen atoms in total. The lowest BCUT2D eigenvalue weighted by Crippen LogP contribution is -2.32. The van der Waals surface area contributed by atoms with E-state index in [1.54, 1.807) is 7.11 Å². The highest BCUT2D eigenvalue weighted by Gasteiger charge is 2.20. The Balaban J connectivity index is 1.68. The normalized spacial score (nSPS) is 22.3. The Bertz CT molecular complexity index is 595. The molecule has 3 atom stereocenters. The van der Waals surface area contributed by atoms with E-state index in [1.165, 1.54) is 0 Å². The third kappa shape index (κ3) is 10.5. The molecular formula is C25H40O6. The minimum absolute atomic E-state index is 0.104. The highest BCUT2D eigenvalue weighted by Crippen LogP contribution is 2.26. The summed E-state index contributed by atoms with van der Waals surface area (Å²) in [7, 11) is 1.68. The monoisotopic (exact) mass is 436 g/mol. The van der Waals surface area contributed by atoms with Crippen molar-refractivity contribution in [3.8, 4) is 0 Å². The van der Waals surface area contributed by atoms with Crippen LogP contribution in [0.15, 0.2) is 48.0 Å². The fraction of sp³-hybridized carbons (Fsp3) is 0.680. The van der Waals surface area contributed by atoms with Crippen molar-refractivity contribution in [3.63, 3.8) is 0 Å². The van der Waals surface area contributed by atoms with E-state index in [4.69, 9.17) is 28.4 Å². The molecule has 0 radical (unpaired) electrons. The standard InChI is InChI=1S/C25H40O6/c1-4-5-10-21(2)27-17-18-29-24-13-8-9-14-25(24)31-20-19-30-23-12-7-6-11-22(23)28-16-15-26-3/h5,8-10,13-14,21,24-25H,4,6-7,11-12,15-20H2,1-3H3/b10-5-. The third-order valence-corrected chi connectivity index (χ3v) is 5.06. The lowest BCUT2D eigenvalue weighted by atomic mass is 10.0. The number of methoxy groups -OCH3 is 1. The molecule has 2 rings (SSSR count). The molecule has 3 unspecified atom stereocenters. The molecule has 2 aliphatic rings. The first-order valence-corrected chi connectivity index (χ1v) is 11.6. The largest absolute Gasteiger partial charge is 0.492 e. The zero-order valence-electron chi connectivity index (χ0n) is 19.4. The molecule has 0 heterocycles. The highest BCUT2D eigenvalue weighted by atomic mass is 16.6. The van der Waals surface area contributed by atoms with Gasteiger partial charge in [0.25, 0.3) is 0 Å². The lowest BCUT2D eigenvalue weighted by molar-refractivity contribution is -0.0586. The van der Waals surface area contributed by atoms with Gasteiger partial charge in [-0.25, -0.2) is 0 Å². The molecule has 0 fully saturated rings. The molecule has 6 heteroatoms. The Labute approximate surface area is 187 Å². The molecule has 0 aliphatic heterocycles. The van der Waals surface area contributed by atoms with Crippen molar-refractivity contribution in [2.75, 3.05) is 46.8 Å². The van der Waals surface area contributed by atoms with Crippen LogP contribution in [0, 0.1) is 0 Å². The Morgan fingerprint density at radius 2 is 1.45 bits per heavy atom. The molecule has 176 valence electrons. The van der Waals surface area contributed by atoms with Crippen LogP contribution >= 0.6 is 0 Å². The summed E-state index contributed by atoms with van der Waals surface area (Å²) in [6.07, 6.45) is 17.2. The van der Waals surface area contributed by atoms with Crippen molar-refractivity contribution in [3.05, 3.63) is 48.0 Å². The summed E-state index contributed by atoms with van der Waals surface area (Å²) in [6, 6.07) is 0. The molecule has 2 aliphatic carbocycles. The van der Waals surface area contributed by atoms with Crippen molar-refractivity contribution in [2.24, 2.45) is 0 Å². The van der Waals surface area contributed by atoms with Crippen molar-refractivity contribution in [1.29, 1.82) is 0 Å². The fourth-order valence-corrected chi connectivity index (χ4v) is 3.42. The van der Waals surface area contributed by atoms with E-state index in [0.717, 1.165) is 43.6 Å². The van der Waals surface area contributed by atoms with Crippen LogP contribution in [0.1, 0.15) is 46.0 Å². The van der Waals surface area contributed by atoms with Crippen LogP contribution in [0.3, 0.4) is 0 Å². The Morgan fingerprint density at radius 3 is 2.03 bits per heavy atom. The molecule has 0 aromatic rings. The smallest absolute Gasteiger partial charge is 0.134 e. The zero-order chi connectivity index (χ0) is 22.2. The van der Waals surface area contributed by atoms with Gasteiger partial charge in [-0.2, -0.15) is 0 Å². The van der Waals surface area contributed by atoms with Crippen molar-refractivity contribution >= 4 is 0 Å². The van der Waals surface area contributed by atoms with E-state index in [1.807, 2.05) is 31.2 Å². The quantitative estimate of drug-likeness (QED) is 0.258. The van der Waals surface area contributed by atoms with Crippen LogP contribution in [0.25, 0.3) is 0 Å². The maximum Gasteiger partial charge on any atom is 0.134 e. The second kappa shape index (κ2) is 16.1. The van der Waals surface area contributed by atoms with Gasteiger partial charge in [-0.1, -0.05) is 43.4 Å². The predicted octanol–water partition coefficient (Wildman–Crippen LogP) is 4.72. The van der Waals surface area contributed by atoms with Crippen molar-refractivity contribution in [2.45, 2.75) is 64.3 Å². The van der Waals surface area contributed by atoms with E-state index in [0.29, 0.717) is 39.6 Å². The summed E-state index contributed by atoms with van der Waals surface area (Å²) in [5.41, 5.74) is 0. The fourth-order valence-electron chi connectivity index (χ4n) is 3.42. The average molecular weight is 437 g/mol. The second-order valence-electron chi connectivity index (χ2n) is 7.60. The predicted molar refractivity (Wildman–Crippen MR) is 122 cm³/mol. The molecule has 0 saturated heterocycles. The second-order valence-corrected chi connectivity index (χ2v) is 7.60. The third-order valence-electron chi connectivity index (χ3n) is 5.06. The van der Waals surface area contributed by atoms with E-state index in [9.17, 15) is 0 Å². The van der Waals surface area contributed by atoms with Gasteiger partial charge in [-0.3, -0.25) is 0 Å². The van der Waals surface area contributed by atoms with Gasteiger partial charge >= 0.3 is 0 Å². The van der Waals surface area contributed by atoms with Gasteiger partial charge in [0.05, 0.1) is 32.5 Å². The van der Waals surface area contributed by atoms with Gasteiger partial charge in [-0.15, -0.1) is 0 Å². The summed E-state index contributed by atoms with van der Waals surface area (Å²) in [6.45, 7) is 7.37. The maximum absolute atomic E-state index is 6.03. The van der Waals surface area contributed by atoms with Crippen LogP contribution < -0.4 is 0 Å². The summed E-state index contributed by atoms with van der Waals surface area (Å²) < 4.78 is 34.6. The molecule has 0 aromatic carbocycles. The summed E-state index contributed by atoms with van der Waals surface area (Å²) in [5.74, 6) is 1.93. The first-order chi connectivity index (χ1) is 15.2. The molecule has 0 amide bonds. The summed E-state index contributed by atoms with van der Waals surface area (Å²) in [4.78, 5) is 0. The Kier molecular flexibility index (Phi) is 13.3. The SMILES string of the molecule is CC/C=C\C(C)OCCOC1C=CC=CC1OCCOC1=C(OCCOC)CCCC1. The van der Waals surface area contributed by atoms with Gasteiger partial charge in [0.2, 0.25) is 0 Å². The average Bonchev–Trinajstić information content (AvgIpc) is 2.80. The number of rotatable bonds is 16. The van der Waals surface area contributed by atoms with Crippen molar-refractivity contribution < 1.29 is 28.4 Å². The van der Waals surface area contributed by atoms with Crippen LogP contribution in [-0.2, 0) is 28.4 Å². The molecule has 0 saturated carbocycles. The van der Waals surface area contributed by atoms with Crippen LogP contribution in [-0.4, -0.2) is 65.1 Å². The zero-order valence-corrected chi connectivity index (χ0v) is 19.4. The summed E-state index contributed by atoms with van der Waals surface area (Å²) >= 11 is 0. The Hall–Kier alpha value is -1.60. The topological polar surface area (TPSA) is 55.4 Å². The van der Waals surface area contributed by atoms with Crippen LogP contribution in [0.2, 0.25) is 0 Å². The van der Waals surface area contributed by atoms with E-state index >= 15 is 0 Å². The first-order valence-electron chi connectivity index (χ1n) is 11.6. The molecule has 31 heavy (non-hydrogen) atoms. The number of hydrogen-bond donors (Lipinski definition) is 0. The first kappa shape index (κ1) is 25.7. The molecule has 0 bridgehead atoms. The van der Waals surface area contributed by atoms with E-state index in [2.05, 4.69) is 19.1 Å².